The second-order valence-corrected chi connectivity index (χ2v) is 12.5. The minimum absolute atomic E-state index is 0.311. The van der Waals surface area contributed by atoms with E-state index in [0.717, 1.165) is 12.5 Å². The average molecular weight is 275 g/mol. The molecule has 0 rings (SSSR count). The van der Waals surface area contributed by atoms with Crippen LogP contribution in [0.5, 0.6) is 0 Å². The van der Waals surface area contributed by atoms with Crippen LogP contribution in [-0.4, -0.2) is 68.8 Å². The van der Waals surface area contributed by atoms with Gasteiger partial charge in [-0.3, -0.25) is 4.90 Å². The van der Waals surface area contributed by atoms with Crippen LogP contribution in [0.4, 0.5) is 0 Å². The molecular formula is C15H36N2P+. The van der Waals surface area contributed by atoms with E-state index in [1.807, 2.05) is 0 Å². The van der Waals surface area contributed by atoms with E-state index in [0.29, 0.717) is 5.54 Å². The first-order valence-corrected chi connectivity index (χ1v) is 10.5. The van der Waals surface area contributed by atoms with E-state index >= 15 is 0 Å². The highest BCUT2D eigenvalue weighted by Crippen LogP contribution is 2.46. The van der Waals surface area contributed by atoms with E-state index in [2.05, 4.69) is 71.6 Å². The number of rotatable bonds is 8. The van der Waals surface area contributed by atoms with E-state index in [4.69, 9.17) is 0 Å². The van der Waals surface area contributed by atoms with Crippen molar-refractivity contribution in [1.29, 1.82) is 0 Å². The van der Waals surface area contributed by atoms with Crippen LogP contribution in [0.2, 0.25) is 0 Å². The Morgan fingerprint density at radius 3 is 2.00 bits per heavy atom. The van der Waals surface area contributed by atoms with Crippen LogP contribution in [0.25, 0.3) is 0 Å². The lowest BCUT2D eigenvalue weighted by atomic mass is 9.90. The third kappa shape index (κ3) is 7.71. The highest BCUT2D eigenvalue weighted by Gasteiger charge is 2.26. The topological polar surface area (TPSA) is 6.48 Å². The van der Waals surface area contributed by atoms with Crippen LogP contribution in [0.15, 0.2) is 0 Å². The zero-order valence-corrected chi connectivity index (χ0v) is 15.1. The summed E-state index contributed by atoms with van der Waals surface area (Å²) in [5.41, 5.74) is 0.311. The molecule has 0 heterocycles. The molecule has 0 radical (unpaired) electrons. The third-order valence-electron chi connectivity index (χ3n) is 3.64. The van der Waals surface area contributed by atoms with Gasteiger partial charge in [-0.25, -0.2) is 0 Å². The summed E-state index contributed by atoms with van der Waals surface area (Å²) < 4.78 is 0. The van der Waals surface area contributed by atoms with Crippen LogP contribution in [0.1, 0.15) is 34.1 Å². The van der Waals surface area contributed by atoms with Gasteiger partial charge >= 0.3 is 0 Å². The molecule has 2 nitrogen and oxygen atoms in total. The highest BCUT2D eigenvalue weighted by atomic mass is 31.2. The lowest BCUT2D eigenvalue weighted by molar-refractivity contribution is 0.125. The maximum absolute atomic E-state index is 2.53. The van der Waals surface area contributed by atoms with E-state index in [9.17, 15) is 0 Å². The van der Waals surface area contributed by atoms with Crippen LogP contribution in [0, 0.1) is 5.92 Å². The molecule has 1 unspecified atom stereocenters. The van der Waals surface area contributed by atoms with Gasteiger partial charge in [0.1, 0.15) is 6.29 Å². The van der Waals surface area contributed by atoms with Crippen molar-refractivity contribution in [2.24, 2.45) is 5.92 Å². The fourth-order valence-electron chi connectivity index (χ4n) is 2.82. The Labute approximate surface area is 116 Å². The standard InChI is InChI=1S/C15H36N2P/c1-10-17(6)15(3,4)11-14(2)12-16(5)13-18(7,8)9/h14H,10-13H2,1-9H3/q+1. The zero-order chi connectivity index (χ0) is 14.6. The molecule has 3 heteroatoms. The van der Waals surface area contributed by atoms with Gasteiger partial charge in [-0.2, -0.15) is 0 Å². The Morgan fingerprint density at radius 1 is 1.11 bits per heavy atom. The van der Waals surface area contributed by atoms with Gasteiger partial charge in [0.2, 0.25) is 0 Å². The summed E-state index contributed by atoms with van der Waals surface area (Å²) >= 11 is 0. The summed E-state index contributed by atoms with van der Waals surface area (Å²) in [6.07, 6.45) is 2.55. The smallest absolute Gasteiger partial charge is 0.110 e. The van der Waals surface area contributed by atoms with E-state index in [1.54, 1.807) is 0 Å². The second kappa shape index (κ2) is 7.22. The molecule has 0 N–H and O–H groups in total. The molecule has 0 aliphatic rings. The quantitative estimate of drug-likeness (QED) is 0.625. The molecule has 0 aliphatic carbocycles. The minimum Gasteiger partial charge on any atom is -0.302 e. The van der Waals surface area contributed by atoms with E-state index in [1.165, 1.54) is 19.3 Å². The lowest BCUT2D eigenvalue weighted by Gasteiger charge is -2.38. The largest absolute Gasteiger partial charge is 0.302 e. The second-order valence-electron chi connectivity index (χ2n) is 7.61. The van der Waals surface area contributed by atoms with Crippen molar-refractivity contribution < 1.29 is 0 Å². The molecule has 1 atom stereocenters. The fourth-order valence-corrected chi connectivity index (χ4v) is 4.38. The minimum atomic E-state index is -0.689. The van der Waals surface area contributed by atoms with Crippen molar-refractivity contribution in [3.05, 3.63) is 0 Å². The molecule has 0 saturated carbocycles. The van der Waals surface area contributed by atoms with Crippen molar-refractivity contribution in [3.8, 4) is 0 Å². The van der Waals surface area contributed by atoms with Gasteiger partial charge in [-0.15, -0.1) is 0 Å². The Morgan fingerprint density at radius 2 is 1.61 bits per heavy atom. The van der Waals surface area contributed by atoms with Gasteiger partial charge in [-0.1, -0.05) is 13.8 Å². The molecule has 0 bridgehead atoms. The molecular weight excluding hydrogens is 239 g/mol. The SMILES string of the molecule is CCN(C)C(C)(C)CC(C)CN(C)C[P+](C)(C)C. The number of nitrogens with zero attached hydrogens (tertiary/aromatic N) is 2. The first-order valence-electron chi connectivity index (χ1n) is 7.18. The molecule has 0 aromatic carbocycles. The first kappa shape index (κ1) is 18.4. The van der Waals surface area contributed by atoms with Crippen molar-refractivity contribution in [3.63, 3.8) is 0 Å². The summed E-state index contributed by atoms with van der Waals surface area (Å²) in [4.78, 5) is 4.99. The number of hydrogen-bond acceptors (Lipinski definition) is 2. The van der Waals surface area contributed by atoms with Gasteiger partial charge in [0, 0.05) is 39.3 Å². The Balaban J connectivity index is 4.22. The molecule has 0 aromatic heterocycles. The van der Waals surface area contributed by atoms with Crippen molar-refractivity contribution in [2.75, 3.05) is 53.5 Å². The Hall–Kier alpha value is 0.350. The molecule has 0 fully saturated rings. The van der Waals surface area contributed by atoms with Gasteiger partial charge < -0.3 is 4.90 Å². The molecule has 0 spiro atoms. The Kier molecular flexibility index (Phi) is 7.36. The first-order chi connectivity index (χ1) is 7.98. The predicted octanol–water partition coefficient (Wildman–Crippen LogP) is 3.54. The maximum Gasteiger partial charge on any atom is 0.110 e. The van der Waals surface area contributed by atoms with Crippen LogP contribution in [0.3, 0.4) is 0 Å². The van der Waals surface area contributed by atoms with E-state index < -0.39 is 7.26 Å². The highest BCUT2D eigenvalue weighted by molar-refractivity contribution is 7.73. The van der Waals surface area contributed by atoms with Gasteiger partial charge in [0.25, 0.3) is 0 Å². The van der Waals surface area contributed by atoms with E-state index in [-0.39, 0.29) is 0 Å². The van der Waals surface area contributed by atoms with Crippen molar-refractivity contribution in [1.82, 2.24) is 9.80 Å². The van der Waals surface area contributed by atoms with Crippen LogP contribution in [-0.2, 0) is 0 Å². The van der Waals surface area contributed by atoms with Crippen LogP contribution >= 0.6 is 7.26 Å². The summed E-state index contributed by atoms with van der Waals surface area (Å²) in [6, 6.07) is 0. The Bertz CT molecular complexity index is 233. The third-order valence-corrected chi connectivity index (χ3v) is 4.98. The predicted molar refractivity (Wildman–Crippen MR) is 88.4 cm³/mol. The summed E-state index contributed by atoms with van der Waals surface area (Å²) in [5, 5.41) is 0. The van der Waals surface area contributed by atoms with Gasteiger partial charge in [0.05, 0.1) is 0 Å². The van der Waals surface area contributed by atoms with Crippen LogP contribution < -0.4 is 0 Å². The molecule has 0 saturated heterocycles. The monoisotopic (exact) mass is 275 g/mol. The van der Waals surface area contributed by atoms with Crippen molar-refractivity contribution >= 4 is 7.26 Å². The van der Waals surface area contributed by atoms with Gasteiger partial charge in [-0.05, 0) is 46.8 Å². The molecule has 18 heavy (non-hydrogen) atoms. The average Bonchev–Trinajstić information content (AvgIpc) is 2.11. The summed E-state index contributed by atoms with van der Waals surface area (Å²) in [5.74, 6) is 0.755. The fraction of sp³-hybridized carbons (Fsp3) is 1.00. The number of hydrogen-bond donors (Lipinski definition) is 0. The zero-order valence-electron chi connectivity index (χ0n) is 14.2. The summed E-state index contributed by atoms with van der Waals surface area (Å²) in [6.45, 7) is 19.0. The lowest BCUT2D eigenvalue weighted by Crippen LogP contribution is -2.43. The molecule has 0 amide bonds. The molecule has 0 aromatic rings. The van der Waals surface area contributed by atoms with Gasteiger partial charge in [0.15, 0.2) is 0 Å². The summed E-state index contributed by atoms with van der Waals surface area (Å²) in [7, 11) is 3.82. The molecule has 0 aliphatic heterocycles. The normalized spacial score (nSPS) is 15.5. The maximum atomic E-state index is 2.53. The van der Waals surface area contributed by atoms with Crippen molar-refractivity contribution in [2.45, 2.75) is 39.7 Å². The molecule has 110 valence electrons.